The van der Waals surface area contributed by atoms with Crippen molar-refractivity contribution in [1.82, 2.24) is 9.55 Å². The van der Waals surface area contributed by atoms with E-state index in [1.165, 1.54) is 16.2 Å². The molecular weight excluding hydrogens is 366 g/mol. The first kappa shape index (κ1) is 18.7. The maximum atomic E-state index is 12.8. The Labute approximate surface area is 169 Å². The molecule has 1 aromatic heterocycles. The Kier molecular flexibility index (Phi) is 4.80. The molecule has 0 aliphatic carbocycles. The number of hydrogen-bond acceptors (Lipinski definition) is 6. The zero-order chi connectivity index (χ0) is 20.5. The van der Waals surface area contributed by atoms with E-state index in [0.717, 1.165) is 16.8 Å². The number of methoxy groups -OCH3 is 1. The molecule has 1 aliphatic heterocycles. The van der Waals surface area contributed by atoms with Gasteiger partial charge in [0.05, 0.1) is 7.11 Å². The second kappa shape index (κ2) is 7.43. The predicted octanol–water partition coefficient (Wildman–Crippen LogP) is 3.62. The lowest BCUT2D eigenvalue weighted by Gasteiger charge is -2.28. The Morgan fingerprint density at radius 3 is 2.66 bits per heavy atom. The first-order chi connectivity index (χ1) is 14.0. The van der Waals surface area contributed by atoms with Crippen LogP contribution in [0.4, 0.5) is 11.6 Å². The third-order valence-corrected chi connectivity index (χ3v) is 4.86. The van der Waals surface area contributed by atoms with Gasteiger partial charge in [-0.3, -0.25) is 14.7 Å². The molecule has 0 fully saturated rings. The minimum absolute atomic E-state index is 0.176. The number of ether oxygens (including phenoxy) is 1. The fraction of sp³-hybridized carbons (Fsp3) is 0.227. The standard InChI is InChI=1S/C22H23N5O2/c1-13-9-10-17(14(2)11-13)24-21-25-20(16-7-5-6-8-18(16)29-4)27-19(28)12-15(3)23-22(27)26-21/h5-12,20H,1-4H3,(H2,23,24,25,26)/t20-/m1/s1. The van der Waals surface area contributed by atoms with Crippen LogP contribution in [0, 0.1) is 20.8 Å². The Morgan fingerprint density at radius 1 is 1.10 bits per heavy atom. The molecule has 1 atom stereocenters. The van der Waals surface area contributed by atoms with Crippen LogP contribution in [0.3, 0.4) is 0 Å². The van der Waals surface area contributed by atoms with Crippen molar-refractivity contribution in [2.24, 2.45) is 4.99 Å². The molecule has 2 heterocycles. The molecule has 7 heteroatoms. The normalized spacial score (nSPS) is 15.2. The van der Waals surface area contributed by atoms with Gasteiger partial charge in [-0.1, -0.05) is 35.9 Å². The molecule has 0 amide bonds. The van der Waals surface area contributed by atoms with Crippen LogP contribution in [0.15, 0.2) is 58.3 Å². The summed E-state index contributed by atoms with van der Waals surface area (Å²) in [5.74, 6) is 1.62. The Morgan fingerprint density at radius 2 is 1.90 bits per heavy atom. The van der Waals surface area contributed by atoms with E-state index in [0.29, 0.717) is 23.4 Å². The largest absolute Gasteiger partial charge is 0.496 e. The smallest absolute Gasteiger partial charge is 0.257 e. The van der Waals surface area contributed by atoms with Gasteiger partial charge in [-0.05, 0) is 38.5 Å². The number of guanidine groups is 1. The van der Waals surface area contributed by atoms with Gasteiger partial charge in [0.25, 0.3) is 5.56 Å². The van der Waals surface area contributed by atoms with E-state index in [-0.39, 0.29) is 5.56 Å². The monoisotopic (exact) mass is 389 g/mol. The lowest BCUT2D eigenvalue weighted by Crippen LogP contribution is -2.38. The molecule has 29 heavy (non-hydrogen) atoms. The number of nitrogens with one attached hydrogen (secondary N) is 2. The summed E-state index contributed by atoms with van der Waals surface area (Å²) < 4.78 is 7.06. The van der Waals surface area contributed by atoms with Crippen LogP contribution < -0.4 is 20.9 Å². The van der Waals surface area contributed by atoms with Crippen LogP contribution >= 0.6 is 0 Å². The average molecular weight is 389 g/mol. The van der Waals surface area contributed by atoms with Crippen molar-refractivity contribution >= 4 is 17.6 Å². The highest BCUT2D eigenvalue weighted by molar-refractivity contribution is 6.04. The van der Waals surface area contributed by atoms with Gasteiger partial charge in [-0.25, -0.2) is 9.98 Å². The van der Waals surface area contributed by atoms with Crippen LogP contribution in [-0.2, 0) is 0 Å². The molecule has 0 saturated heterocycles. The van der Waals surface area contributed by atoms with E-state index in [9.17, 15) is 4.79 Å². The maximum absolute atomic E-state index is 12.8. The molecule has 7 nitrogen and oxygen atoms in total. The zero-order valence-corrected chi connectivity index (χ0v) is 16.9. The highest BCUT2D eigenvalue weighted by Gasteiger charge is 2.27. The first-order valence-corrected chi connectivity index (χ1v) is 9.38. The van der Waals surface area contributed by atoms with Crippen LogP contribution in [0.2, 0.25) is 0 Å². The predicted molar refractivity (Wildman–Crippen MR) is 115 cm³/mol. The Bertz CT molecular complexity index is 1170. The van der Waals surface area contributed by atoms with Crippen molar-refractivity contribution in [2.75, 3.05) is 17.7 Å². The van der Waals surface area contributed by atoms with Crippen LogP contribution in [0.1, 0.15) is 28.6 Å². The van der Waals surface area contributed by atoms with Gasteiger partial charge in [0, 0.05) is 23.0 Å². The molecule has 0 spiro atoms. The molecule has 2 aromatic carbocycles. The number of hydrogen-bond donors (Lipinski definition) is 2. The summed E-state index contributed by atoms with van der Waals surface area (Å²) in [6, 6.07) is 15.2. The van der Waals surface area contributed by atoms with Gasteiger partial charge in [-0.15, -0.1) is 0 Å². The van der Waals surface area contributed by atoms with E-state index in [4.69, 9.17) is 9.73 Å². The SMILES string of the molecule is COc1ccccc1[C@@H]1N=C(Nc2ccc(C)cc2C)Nc2nc(C)cc(=O)n21. The van der Waals surface area contributed by atoms with E-state index in [1.54, 1.807) is 14.0 Å². The lowest BCUT2D eigenvalue weighted by molar-refractivity contribution is 0.401. The van der Waals surface area contributed by atoms with Crippen LogP contribution in [0.5, 0.6) is 5.75 Å². The fourth-order valence-electron chi connectivity index (χ4n) is 3.48. The summed E-state index contributed by atoms with van der Waals surface area (Å²) in [6.07, 6.45) is -0.601. The quantitative estimate of drug-likeness (QED) is 0.715. The summed E-state index contributed by atoms with van der Waals surface area (Å²) in [5, 5.41) is 6.49. The summed E-state index contributed by atoms with van der Waals surface area (Å²) in [6.45, 7) is 5.89. The molecule has 0 saturated carbocycles. The number of rotatable bonds is 3. The number of anilines is 2. The molecule has 148 valence electrons. The number of aromatic nitrogens is 2. The number of benzene rings is 2. The van der Waals surface area contributed by atoms with E-state index >= 15 is 0 Å². The van der Waals surface area contributed by atoms with E-state index < -0.39 is 6.17 Å². The molecule has 0 radical (unpaired) electrons. The Hall–Kier alpha value is -3.61. The van der Waals surface area contributed by atoms with Gasteiger partial charge in [0.1, 0.15) is 5.75 Å². The molecule has 2 N–H and O–H groups in total. The van der Waals surface area contributed by atoms with Gasteiger partial charge in [0.15, 0.2) is 6.17 Å². The Balaban J connectivity index is 1.84. The van der Waals surface area contributed by atoms with Gasteiger partial charge in [-0.2, -0.15) is 0 Å². The van der Waals surface area contributed by atoms with Crippen molar-refractivity contribution in [1.29, 1.82) is 0 Å². The highest BCUT2D eigenvalue weighted by Crippen LogP contribution is 2.32. The number of aryl methyl sites for hydroxylation is 3. The third kappa shape index (κ3) is 3.59. The minimum atomic E-state index is -0.601. The van der Waals surface area contributed by atoms with Gasteiger partial charge >= 0.3 is 0 Å². The second-order valence-corrected chi connectivity index (χ2v) is 7.09. The number of para-hydroxylation sites is 1. The van der Waals surface area contributed by atoms with Crippen molar-refractivity contribution in [3.8, 4) is 5.75 Å². The van der Waals surface area contributed by atoms with Crippen molar-refractivity contribution in [3.05, 3.63) is 81.3 Å². The van der Waals surface area contributed by atoms with E-state index in [1.807, 2.05) is 43.3 Å². The van der Waals surface area contributed by atoms with Crippen LogP contribution in [-0.4, -0.2) is 22.6 Å². The number of nitrogens with zero attached hydrogens (tertiary/aromatic N) is 3. The fourth-order valence-corrected chi connectivity index (χ4v) is 3.48. The summed E-state index contributed by atoms with van der Waals surface area (Å²) in [7, 11) is 1.61. The molecular formula is C22H23N5O2. The van der Waals surface area contributed by atoms with Gasteiger partial charge < -0.3 is 10.1 Å². The average Bonchev–Trinajstić information content (AvgIpc) is 2.69. The summed E-state index contributed by atoms with van der Waals surface area (Å²) >= 11 is 0. The van der Waals surface area contributed by atoms with Crippen LogP contribution in [0.25, 0.3) is 0 Å². The first-order valence-electron chi connectivity index (χ1n) is 9.38. The van der Waals surface area contributed by atoms with Crippen molar-refractivity contribution in [2.45, 2.75) is 26.9 Å². The topological polar surface area (TPSA) is 80.5 Å². The zero-order valence-electron chi connectivity index (χ0n) is 16.9. The maximum Gasteiger partial charge on any atom is 0.257 e. The number of fused-ring (bicyclic) bond motifs is 1. The second-order valence-electron chi connectivity index (χ2n) is 7.09. The molecule has 4 rings (SSSR count). The minimum Gasteiger partial charge on any atom is -0.496 e. The lowest BCUT2D eigenvalue weighted by atomic mass is 10.1. The van der Waals surface area contributed by atoms with E-state index in [2.05, 4.69) is 28.6 Å². The van der Waals surface area contributed by atoms with Crippen molar-refractivity contribution < 1.29 is 4.74 Å². The number of aliphatic imine (C=N–C) groups is 1. The molecule has 0 bridgehead atoms. The highest BCUT2D eigenvalue weighted by atomic mass is 16.5. The molecule has 0 unspecified atom stereocenters. The summed E-state index contributed by atoms with van der Waals surface area (Å²) in [4.78, 5) is 22.1. The summed E-state index contributed by atoms with van der Waals surface area (Å²) in [5.41, 5.74) is 4.47. The molecule has 3 aromatic rings. The van der Waals surface area contributed by atoms with Crippen molar-refractivity contribution in [3.63, 3.8) is 0 Å². The third-order valence-electron chi connectivity index (χ3n) is 4.86. The molecule has 1 aliphatic rings. The van der Waals surface area contributed by atoms with Gasteiger partial charge in [0.2, 0.25) is 11.9 Å².